The Morgan fingerprint density at radius 1 is 1.50 bits per heavy atom. The second-order valence-electron chi connectivity index (χ2n) is 3.95. The normalized spacial score (nSPS) is 28.9. The van der Waals surface area contributed by atoms with E-state index in [-0.39, 0.29) is 18.4 Å². The number of hydrogen-bond acceptors (Lipinski definition) is 3. The van der Waals surface area contributed by atoms with Gasteiger partial charge in [0.05, 0.1) is 12.0 Å². The van der Waals surface area contributed by atoms with Crippen LogP contribution in [0.15, 0.2) is 0 Å². The standard InChI is InChI=1S/C9H16N2O3/c1-5-3-11(8(12)6(2)10)4-7(5)9(13)14/h5-7H,3-4,10H2,1-2H3,(H,13,14)/t5?,6-,7?/m1/s1. The van der Waals surface area contributed by atoms with Crippen LogP contribution in [0.25, 0.3) is 0 Å². The van der Waals surface area contributed by atoms with Crippen molar-refractivity contribution in [2.75, 3.05) is 13.1 Å². The highest BCUT2D eigenvalue weighted by molar-refractivity contribution is 5.82. The fourth-order valence-electron chi connectivity index (χ4n) is 1.76. The molecule has 0 spiro atoms. The Morgan fingerprint density at radius 2 is 2.07 bits per heavy atom. The van der Waals surface area contributed by atoms with Gasteiger partial charge in [-0.05, 0) is 12.8 Å². The molecule has 0 bridgehead atoms. The molecule has 14 heavy (non-hydrogen) atoms. The molecule has 1 saturated heterocycles. The van der Waals surface area contributed by atoms with Crippen molar-refractivity contribution in [3.8, 4) is 0 Å². The second-order valence-corrected chi connectivity index (χ2v) is 3.95. The zero-order valence-electron chi connectivity index (χ0n) is 8.43. The highest BCUT2D eigenvalue weighted by Gasteiger charge is 2.37. The summed E-state index contributed by atoms with van der Waals surface area (Å²) >= 11 is 0. The van der Waals surface area contributed by atoms with Crippen molar-refractivity contribution in [1.82, 2.24) is 4.90 Å². The van der Waals surface area contributed by atoms with Gasteiger partial charge in [-0.25, -0.2) is 0 Å². The Morgan fingerprint density at radius 3 is 2.43 bits per heavy atom. The molecule has 1 heterocycles. The maximum Gasteiger partial charge on any atom is 0.308 e. The van der Waals surface area contributed by atoms with Gasteiger partial charge in [-0.2, -0.15) is 0 Å². The van der Waals surface area contributed by atoms with E-state index in [9.17, 15) is 9.59 Å². The van der Waals surface area contributed by atoms with E-state index < -0.39 is 17.9 Å². The number of likely N-dealkylation sites (tertiary alicyclic amines) is 1. The molecule has 0 aromatic carbocycles. The smallest absolute Gasteiger partial charge is 0.308 e. The minimum atomic E-state index is -0.836. The number of carbonyl (C=O) groups is 2. The summed E-state index contributed by atoms with van der Waals surface area (Å²) < 4.78 is 0. The van der Waals surface area contributed by atoms with Gasteiger partial charge >= 0.3 is 5.97 Å². The van der Waals surface area contributed by atoms with E-state index in [4.69, 9.17) is 10.8 Å². The Kier molecular flexibility index (Phi) is 3.10. The number of rotatable bonds is 2. The monoisotopic (exact) mass is 200 g/mol. The number of carboxylic acids is 1. The van der Waals surface area contributed by atoms with Crippen LogP contribution in [0.3, 0.4) is 0 Å². The van der Waals surface area contributed by atoms with Crippen molar-refractivity contribution < 1.29 is 14.7 Å². The molecule has 5 heteroatoms. The Bertz CT molecular complexity index is 252. The molecule has 1 amide bonds. The summed E-state index contributed by atoms with van der Waals surface area (Å²) in [5, 5.41) is 8.85. The highest BCUT2D eigenvalue weighted by atomic mass is 16.4. The van der Waals surface area contributed by atoms with Gasteiger partial charge < -0.3 is 15.7 Å². The molecule has 0 aromatic heterocycles. The molecule has 0 saturated carbocycles. The molecule has 0 aromatic rings. The van der Waals surface area contributed by atoms with Crippen LogP contribution in [0.5, 0.6) is 0 Å². The maximum atomic E-state index is 11.5. The van der Waals surface area contributed by atoms with E-state index >= 15 is 0 Å². The SMILES string of the molecule is CC1CN(C(=O)[C@@H](C)N)CC1C(=O)O. The first-order valence-electron chi connectivity index (χ1n) is 4.70. The van der Waals surface area contributed by atoms with Crippen molar-refractivity contribution in [1.29, 1.82) is 0 Å². The minimum Gasteiger partial charge on any atom is -0.481 e. The summed E-state index contributed by atoms with van der Waals surface area (Å²) in [6, 6.07) is -0.547. The fraction of sp³-hybridized carbons (Fsp3) is 0.778. The van der Waals surface area contributed by atoms with E-state index in [1.807, 2.05) is 6.92 Å². The number of aliphatic carboxylic acids is 1. The molecule has 80 valence electrons. The fourth-order valence-corrected chi connectivity index (χ4v) is 1.76. The van der Waals surface area contributed by atoms with Crippen LogP contribution in [-0.2, 0) is 9.59 Å². The number of carbonyl (C=O) groups excluding carboxylic acids is 1. The van der Waals surface area contributed by atoms with E-state index in [2.05, 4.69) is 0 Å². The third-order valence-electron chi connectivity index (χ3n) is 2.63. The number of amides is 1. The van der Waals surface area contributed by atoms with Gasteiger partial charge in [0.2, 0.25) is 5.91 Å². The molecule has 3 N–H and O–H groups in total. The topological polar surface area (TPSA) is 83.6 Å². The Hall–Kier alpha value is -1.10. The van der Waals surface area contributed by atoms with Gasteiger partial charge in [0.25, 0.3) is 0 Å². The van der Waals surface area contributed by atoms with E-state index in [0.717, 1.165) is 0 Å². The molecule has 1 fully saturated rings. The average molecular weight is 200 g/mol. The number of nitrogens with zero attached hydrogens (tertiary/aromatic N) is 1. The molecule has 5 nitrogen and oxygen atoms in total. The van der Waals surface area contributed by atoms with Crippen molar-refractivity contribution >= 4 is 11.9 Å². The van der Waals surface area contributed by atoms with Gasteiger partial charge in [-0.3, -0.25) is 9.59 Å². The lowest BCUT2D eigenvalue weighted by Crippen LogP contribution is -2.41. The maximum absolute atomic E-state index is 11.5. The molecule has 2 unspecified atom stereocenters. The van der Waals surface area contributed by atoms with Crippen molar-refractivity contribution in [2.24, 2.45) is 17.6 Å². The van der Waals surface area contributed by atoms with Gasteiger partial charge in [-0.1, -0.05) is 6.92 Å². The Balaban J connectivity index is 2.63. The molecule has 1 rings (SSSR count). The molecular weight excluding hydrogens is 184 g/mol. The number of hydrogen-bond donors (Lipinski definition) is 2. The molecule has 0 aliphatic carbocycles. The quantitative estimate of drug-likeness (QED) is 0.630. The Labute approximate surface area is 82.9 Å². The van der Waals surface area contributed by atoms with E-state index in [1.54, 1.807) is 6.92 Å². The van der Waals surface area contributed by atoms with Crippen LogP contribution in [0, 0.1) is 11.8 Å². The molecule has 3 atom stereocenters. The van der Waals surface area contributed by atoms with Crippen LogP contribution in [0.2, 0.25) is 0 Å². The molecular formula is C9H16N2O3. The summed E-state index contributed by atoms with van der Waals surface area (Å²) in [5.41, 5.74) is 5.44. The lowest BCUT2D eigenvalue weighted by Gasteiger charge is -2.17. The van der Waals surface area contributed by atoms with Crippen LogP contribution in [-0.4, -0.2) is 41.0 Å². The lowest BCUT2D eigenvalue weighted by molar-refractivity contribution is -0.142. The second kappa shape index (κ2) is 3.96. The summed E-state index contributed by atoms with van der Waals surface area (Å²) in [4.78, 5) is 23.8. The van der Waals surface area contributed by atoms with Crippen LogP contribution >= 0.6 is 0 Å². The summed E-state index contributed by atoms with van der Waals surface area (Å²) in [6.07, 6.45) is 0. The van der Waals surface area contributed by atoms with E-state index in [0.29, 0.717) is 6.54 Å². The van der Waals surface area contributed by atoms with Gasteiger partial charge in [0.1, 0.15) is 0 Å². The van der Waals surface area contributed by atoms with Crippen LogP contribution < -0.4 is 5.73 Å². The lowest BCUT2D eigenvalue weighted by atomic mass is 9.99. The summed E-state index contributed by atoms with van der Waals surface area (Å²) in [5.74, 6) is -1.44. The first-order valence-corrected chi connectivity index (χ1v) is 4.70. The summed E-state index contributed by atoms with van der Waals surface area (Å²) in [6.45, 7) is 4.24. The number of nitrogens with two attached hydrogens (primary N) is 1. The summed E-state index contributed by atoms with van der Waals surface area (Å²) in [7, 11) is 0. The number of carboxylic acid groups (broad SMARTS) is 1. The molecule has 0 radical (unpaired) electrons. The van der Waals surface area contributed by atoms with Crippen LogP contribution in [0.4, 0.5) is 0 Å². The van der Waals surface area contributed by atoms with Gasteiger partial charge in [0.15, 0.2) is 0 Å². The molecule has 1 aliphatic rings. The zero-order chi connectivity index (χ0) is 10.9. The zero-order valence-corrected chi connectivity index (χ0v) is 8.43. The van der Waals surface area contributed by atoms with Crippen molar-refractivity contribution in [2.45, 2.75) is 19.9 Å². The van der Waals surface area contributed by atoms with Gasteiger partial charge in [-0.15, -0.1) is 0 Å². The predicted octanol–water partition coefficient (Wildman–Crippen LogP) is -0.487. The van der Waals surface area contributed by atoms with Crippen LogP contribution in [0.1, 0.15) is 13.8 Å². The van der Waals surface area contributed by atoms with Crippen molar-refractivity contribution in [3.63, 3.8) is 0 Å². The van der Waals surface area contributed by atoms with E-state index in [1.165, 1.54) is 4.90 Å². The largest absolute Gasteiger partial charge is 0.481 e. The third kappa shape index (κ3) is 2.04. The first kappa shape index (κ1) is 11.0. The van der Waals surface area contributed by atoms with Gasteiger partial charge in [0, 0.05) is 13.1 Å². The predicted molar refractivity (Wildman–Crippen MR) is 50.5 cm³/mol. The average Bonchev–Trinajstić information content (AvgIpc) is 2.45. The highest BCUT2D eigenvalue weighted by Crippen LogP contribution is 2.23. The molecule has 1 aliphatic heterocycles. The minimum absolute atomic E-state index is 0.00944. The third-order valence-corrected chi connectivity index (χ3v) is 2.63. The first-order chi connectivity index (χ1) is 6.43. The van der Waals surface area contributed by atoms with Crippen molar-refractivity contribution in [3.05, 3.63) is 0 Å².